The topological polar surface area (TPSA) is 98.5 Å². The van der Waals surface area contributed by atoms with Gasteiger partial charge in [0.1, 0.15) is 5.75 Å². The number of nitro benzene ring substituents is 1. The summed E-state index contributed by atoms with van der Waals surface area (Å²) < 4.78 is 5.32. The third kappa shape index (κ3) is 5.13. The maximum absolute atomic E-state index is 12.1. The van der Waals surface area contributed by atoms with Crippen LogP contribution in [0.1, 0.15) is 24.2 Å². The number of hydrogen-bond acceptors (Lipinski definition) is 5. The van der Waals surface area contributed by atoms with Gasteiger partial charge in [-0.15, -0.1) is 0 Å². The Bertz CT molecular complexity index is 784. The highest BCUT2D eigenvalue weighted by atomic mass is 16.6. The second-order valence-electron chi connectivity index (χ2n) is 5.69. The summed E-state index contributed by atoms with van der Waals surface area (Å²) in [5.74, 6) is -0.255. The first-order valence-electron chi connectivity index (χ1n) is 7.68. The van der Waals surface area contributed by atoms with Crippen LogP contribution in [0, 0.1) is 16.0 Å². The highest BCUT2D eigenvalue weighted by molar-refractivity contribution is 5.98. The fourth-order valence-corrected chi connectivity index (χ4v) is 1.95. The summed E-state index contributed by atoms with van der Waals surface area (Å²) in [5, 5.41) is 13.5. The van der Waals surface area contributed by atoms with E-state index in [-0.39, 0.29) is 35.7 Å². The van der Waals surface area contributed by atoms with Crippen LogP contribution in [0.5, 0.6) is 5.75 Å². The first kappa shape index (κ1) is 18.1. The van der Waals surface area contributed by atoms with Crippen LogP contribution in [0.4, 0.5) is 11.4 Å². The molecule has 0 unspecified atom stereocenters. The van der Waals surface area contributed by atoms with Crippen molar-refractivity contribution in [1.29, 1.82) is 0 Å². The summed E-state index contributed by atoms with van der Waals surface area (Å²) in [5.41, 5.74) is 0.929. The van der Waals surface area contributed by atoms with Crippen LogP contribution in [-0.4, -0.2) is 23.2 Å². The van der Waals surface area contributed by atoms with Crippen LogP contribution in [0.25, 0.3) is 0 Å². The molecule has 0 saturated carbocycles. The maximum atomic E-state index is 12.1. The van der Waals surface area contributed by atoms with E-state index in [1.807, 2.05) is 0 Å². The first-order valence-corrected chi connectivity index (χ1v) is 7.68. The fourth-order valence-electron chi connectivity index (χ4n) is 1.95. The fraction of sp³-hybridized carbons (Fsp3) is 0.222. The minimum Gasteiger partial charge on any atom is -0.485 e. The number of rotatable bonds is 7. The van der Waals surface area contributed by atoms with E-state index in [4.69, 9.17) is 4.74 Å². The zero-order chi connectivity index (χ0) is 18.4. The molecule has 1 amide bonds. The van der Waals surface area contributed by atoms with Crippen molar-refractivity contribution in [2.45, 2.75) is 13.8 Å². The van der Waals surface area contributed by atoms with Crippen LogP contribution < -0.4 is 10.1 Å². The van der Waals surface area contributed by atoms with E-state index in [2.05, 4.69) is 5.32 Å². The lowest BCUT2D eigenvalue weighted by Gasteiger charge is -2.09. The number of amides is 1. The number of nitro groups is 1. The molecule has 0 saturated heterocycles. The van der Waals surface area contributed by atoms with Crippen molar-refractivity contribution < 1.29 is 19.2 Å². The Kier molecular flexibility index (Phi) is 5.84. The van der Waals surface area contributed by atoms with Gasteiger partial charge in [0.15, 0.2) is 12.4 Å². The van der Waals surface area contributed by atoms with Gasteiger partial charge in [-0.05, 0) is 30.3 Å². The molecule has 0 heterocycles. The van der Waals surface area contributed by atoms with E-state index in [1.165, 1.54) is 18.2 Å². The Hall–Kier alpha value is -3.22. The van der Waals surface area contributed by atoms with Crippen molar-refractivity contribution in [3.8, 4) is 5.75 Å². The standard InChI is InChI=1S/C18H18N2O5/c1-12(2)18(22)19-14-8-6-13(7-9-14)17(21)11-25-16-5-3-4-15(10-16)20(23)24/h3-10,12H,11H2,1-2H3,(H,19,22). The number of ketones is 1. The molecular formula is C18H18N2O5. The van der Waals surface area contributed by atoms with Gasteiger partial charge in [-0.1, -0.05) is 19.9 Å². The Morgan fingerprint density at radius 1 is 1.16 bits per heavy atom. The maximum Gasteiger partial charge on any atom is 0.273 e. The van der Waals surface area contributed by atoms with Gasteiger partial charge in [0.25, 0.3) is 5.69 Å². The molecule has 25 heavy (non-hydrogen) atoms. The molecule has 0 aliphatic carbocycles. The van der Waals surface area contributed by atoms with Gasteiger partial charge < -0.3 is 10.1 Å². The Labute approximate surface area is 144 Å². The van der Waals surface area contributed by atoms with Crippen molar-refractivity contribution in [1.82, 2.24) is 0 Å². The molecule has 0 aliphatic rings. The molecule has 0 aliphatic heterocycles. The van der Waals surface area contributed by atoms with Crippen LogP contribution in [-0.2, 0) is 4.79 Å². The molecule has 2 aromatic rings. The molecule has 2 aromatic carbocycles. The van der Waals surface area contributed by atoms with Crippen molar-refractivity contribution >= 4 is 23.1 Å². The first-order chi connectivity index (χ1) is 11.9. The molecule has 0 spiro atoms. The van der Waals surface area contributed by atoms with Crippen molar-refractivity contribution in [3.05, 3.63) is 64.2 Å². The molecule has 7 nitrogen and oxygen atoms in total. The Morgan fingerprint density at radius 3 is 2.44 bits per heavy atom. The van der Waals surface area contributed by atoms with Gasteiger partial charge in [0.2, 0.25) is 5.91 Å². The Balaban J connectivity index is 1.96. The third-order valence-corrected chi connectivity index (χ3v) is 3.40. The SMILES string of the molecule is CC(C)C(=O)Nc1ccc(C(=O)COc2cccc([N+](=O)[O-])c2)cc1. The molecule has 1 N–H and O–H groups in total. The number of benzene rings is 2. The number of nitrogens with one attached hydrogen (secondary N) is 1. The summed E-state index contributed by atoms with van der Waals surface area (Å²) >= 11 is 0. The number of nitrogens with zero attached hydrogens (tertiary/aromatic N) is 1. The average molecular weight is 342 g/mol. The van der Waals surface area contributed by atoms with Gasteiger partial charge in [-0.3, -0.25) is 19.7 Å². The lowest BCUT2D eigenvalue weighted by atomic mass is 10.1. The molecule has 130 valence electrons. The van der Waals surface area contributed by atoms with Crippen molar-refractivity contribution in [2.75, 3.05) is 11.9 Å². The number of ether oxygens (including phenoxy) is 1. The summed E-state index contributed by atoms with van der Waals surface area (Å²) in [6.07, 6.45) is 0. The van der Waals surface area contributed by atoms with Gasteiger partial charge >= 0.3 is 0 Å². The number of Topliss-reactive ketones (excluding diaryl/α,β-unsaturated/α-hetero) is 1. The lowest BCUT2D eigenvalue weighted by molar-refractivity contribution is -0.384. The second-order valence-corrected chi connectivity index (χ2v) is 5.69. The number of non-ortho nitro benzene ring substituents is 1. The molecule has 0 aromatic heterocycles. The number of carbonyl (C=O) groups is 2. The van der Waals surface area contributed by atoms with Gasteiger partial charge in [0.05, 0.1) is 11.0 Å². The monoisotopic (exact) mass is 342 g/mol. The molecule has 7 heteroatoms. The summed E-state index contributed by atoms with van der Waals surface area (Å²) in [7, 11) is 0. The van der Waals surface area contributed by atoms with Crippen LogP contribution >= 0.6 is 0 Å². The summed E-state index contributed by atoms with van der Waals surface area (Å²) in [6.45, 7) is 3.34. The number of anilines is 1. The van der Waals surface area contributed by atoms with Crippen LogP contribution in [0.3, 0.4) is 0 Å². The third-order valence-electron chi connectivity index (χ3n) is 3.40. The lowest BCUT2D eigenvalue weighted by Crippen LogP contribution is -2.18. The summed E-state index contributed by atoms with van der Waals surface area (Å²) in [4.78, 5) is 33.9. The zero-order valence-electron chi connectivity index (χ0n) is 13.9. The van der Waals surface area contributed by atoms with Gasteiger partial charge in [-0.2, -0.15) is 0 Å². The molecular weight excluding hydrogens is 324 g/mol. The normalized spacial score (nSPS) is 10.4. The average Bonchev–Trinajstić information content (AvgIpc) is 2.60. The molecule has 2 rings (SSSR count). The van der Waals surface area contributed by atoms with E-state index in [1.54, 1.807) is 44.2 Å². The smallest absolute Gasteiger partial charge is 0.273 e. The Morgan fingerprint density at radius 2 is 1.84 bits per heavy atom. The zero-order valence-corrected chi connectivity index (χ0v) is 13.9. The van der Waals surface area contributed by atoms with E-state index in [0.29, 0.717) is 11.3 Å². The molecule has 0 bridgehead atoms. The van der Waals surface area contributed by atoms with E-state index in [0.717, 1.165) is 0 Å². The van der Waals surface area contributed by atoms with E-state index in [9.17, 15) is 19.7 Å². The minimum absolute atomic E-state index is 0.102. The predicted octanol–water partition coefficient (Wildman–Crippen LogP) is 3.45. The van der Waals surface area contributed by atoms with E-state index < -0.39 is 4.92 Å². The molecule has 0 fully saturated rings. The highest BCUT2D eigenvalue weighted by Crippen LogP contribution is 2.19. The van der Waals surface area contributed by atoms with Crippen molar-refractivity contribution in [3.63, 3.8) is 0 Å². The van der Waals surface area contributed by atoms with Crippen LogP contribution in [0.15, 0.2) is 48.5 Å². The van der Waals surface area contributed by atoms with E-state index >= 15 is 0 Å². The number of carbonyl (C=O) groups excluding carboxylic acids is 2. The predicted molar refractivity (Wildman–Crippen MR) is 92.8 cm³/mol. The number of hydrogen-bond donors (Lipinski definition) is 1. The van der Waals surface area contributed by atoms with Gasteiger partial charge in [-0.25, -0.2) is 0 Å². The molecule has 0 radical (unpaired) electrons. The summed E-state index contributed by atoms with van der Waals surface area (Å²) in [6, 6.07) is 12.1. The minimum atomic E-state index is -0.529. The highest BCUT2D eigenvalue weighted by Gasteiger charge is 2.11. The molecule has 0 atom stereocenters. The van der Waals surface area contributed by atoms with Crippen molar-refractivity contribution in [2.24, 2.45) is 5.92 Å². The second kappa shape index (κ2) is 8.05. The van der Waals surface area contributed by atoms with Crippen LogP contribution in [0.2, 0.25) is 0 Å². The largest absolute Gasteiger partial charge is 0.485 e. The van der Waals surface area contributed by atoms with Gasteiger partial charge in [0, 0.05) is 23.2 Å². The quantitative estimate of drug-likeness (QED) is 0.472.